The Balaban J connectivity index is 1.08. The third-order valence-corrected chi connectivity index (χ3v) is 12.1. The van der Waals surface area contributed by atoms with Gasteiger partial charge in [-0.05, 0) is 110 Å². The smallest absolute Gasteiger partial charge is 0.410 e. The predicted molar refractivity (Wildman–Crippen MR) is 239 cm³/mol. The molecule has 11 heteroatoms. The van der Waals surface area contributed by atoms with Crippen molar-refractivity contribution in [3.8, 4) is 17.0 Å². The number of benzene rings is 4. The maximum Gasteiger partial charge on any atom is 0.410 e. The van der Waals surface area contributed by atoms with Gasteiger partial charge in [-0.25, -0.2) is 4.79 Å². The zero-order valence-electron chi connectivity index (χ0n) is 35.9. The van der Waals surface area contributed by atoms with Crippen molar-refractivity contribution >= 4 is 29.1 Å². The van der Waals surface area contributed by atoms with Crippen LogP contribution >= 0.6 is 0 Å². The van der Waals surface area contributed by atoms with Gasteiger partial charge in [0.15, 0.2) is 0 Å². The van der Waals surface area contributed by atoms with E-state index in [0.29, 0.717) is 78.8 Å². The van der Waals surface area contributed by atoms with E-state index < -0.39 is 11.7 Å². The fraction of sp³-hybridized carbons (Fsp3) is 0.314. The molecule has 4 aromatic carbocycles. The highest BCUT2D eigenvalue weighted by molar-refractivity contribution is 6.12. The molecule has 3 aliphatic heterocycles. The number of carbonyl (C=O) groups excluding carboxylic acids is 3. The predicted octanol–water partition coefficient (Wildman–Crippen LogP) is 8.61. The Bertz CT molecular complexity index is 2610. The Labute approximate surface area is 363 Å². The highest BCUT2D eigenvalue weighted by Crippen LogP contribution is 2.38. The summed E-state index contributed by atoms with van der Waals surface area (Å²) >= 11 is 0. The molecule has 0 saturated carbocycles. The number of hydrogen-bond donors (Lipinski definition) is 0. The number of pyridine rings is 1. The molecule has 6 aromatic rings. The number of aromatic nitrogens is 1. The van der Waals surface area contributed by atoms with Crippen LogP contribution in [0, 0.1) is 0 Å². The molecular formula is C51H53N5O6. The molecular weight excluding hydrogens is 779 g/mol. The summed E-state index contributed by atoms with van der Waals surface area (Å²) in [7, 11) is 1.77. The van der Waals surface area contributed by atoms with Gasteiger partial charge in [-0.15, -0.1) is 0 Å². The molecule has 11 nitrogen and oxygen atoms in total. The minimum atomic E-state index is -0.655. The maximum absolute atomic E-state index is 15.5. The summed E-state index contributed by atoms with van der Waals surface area (Å²) in [4.78, 5) is 51.2. The first-order valence-corrected chi connectivity index (χ1v) is 21.5. The standard InChI is InChI=1S/C51H53N5O6/c1-51(2,3)62-50(59)54-30-38-27-43(44(28-39(38)31-54)49(58)56-32-37-15-9-8-14-36(37)26-41(56)33-53-22-24-60-25-23-53)47-29-45(46-16-10-11-21-55(46)47)48(57)52(4)40-17-19-42(20-18-40)61-34-35-12-6-5-7-13-35/h5-21,27-29,41H,22-26,30-34H2,1-4H3/t41-/m0/s1. The molecule has 5 heterocycles. The molecule has 1 fully saturated rings. The summed E-state index contributed by atoms with van der Waals surface area (Å²) in [5, 5.41) is 0. The Kier molecular flexibility index (Phi) is 11.3. The largest absolute Gasteiger partial charge is 0.489 e. The average Bonchev–Trinajstić information content (AvgIpc) is 3.89. The van der Waals surface area contributed by atoms with Crippen LogP contribution in [0.4, 0.5) is 10.5 Å². The van der Waals surface area contributed by atoms with Crippen LogP contribution in [0.5, 0.6) is 5.75 Å². The second kappa shape index (κ2) is 17.1. The van der Waals surface area contributed by atoms with Crippen LogP contribution < -0.4 is 9.64 Å². The van der Waals surface area contributed by atoms with Crippen molar-refractivity contribution in [1.82, 2.24) is 19.1 Å². The highest BCUT2D eigenvalue weighted by atomic mass is 16.6. The topological polar surface area (TPSA) is 96.3 Å². The Morgan fingerprint density at radius 2 is 1.45 bits per heavy atom. The van der Waals surface area contributed by atoms with Crippen LogP contribution in [0.25, 0.3) is 16.8 Å². The minimum Gasteiger partial charge on any atom is -0.489 e. The third-order valence-electron chi connectivity index (χ3n) is 12.1. The molecule has 0 spiro atoms. The van der Waals surface area contributed by atoms with E-state index in [9.17, 15) is 9.59 Å². The molecule has 2 aromatic heterocycles. The molecule has 62 heavy (non-hydrogen) atoms. The third kappa shape index (κ3) is 8.55. The number of carbonyl (C=O) groups is 3. The first-order valence-electron chi connectivity index (χ1n) is 21.5. The van der Waals surface area contributed by atoms with E-state index in [4.69, 9.17) is 14.2 Å². The molecule has 0 unspecified atom stereocenters. The average molecular weight is 832 g/mol. The van der Waals surface area contributed by atoms with Crippen molar-refractivity contribution < 1.29 is 28.6 Å². The molecule has 0 radical (unpaired) electrons. The monoisotopic (exact) mass is 831 g/mol. The number of anilines is 1. The van der Waals surface area contributed by atoms with Crippen molar-refractivity contribution in [2.24, 2.45) is 0 Å². The molecule has 3 amide bonds. The summed E-state index contributed by atoms with van der Waals surface area (Å²) in [5.74, 6) is 0.427. The first kappa shape index (κ1) is 40.9. The summed E-state index contributed by atoms with van der Waals surface area (Å²) in [6.07, 6.45) is 2.28. The fourth-order valence-corrected chi connectivity index (χ4v) is 8.86. The van der Waals surface area contributed by atoms with Crippen LogP contribution in [-0.2, 0) is 42.1 Å². The molecule has 0 bridgehead atoms. The van der Waals surface area contributed by atoms with E-state index in [2.05, 4.69) is 23.1 Å². The molecule has 0 aliphatic carbocycles. The van der Waals surface area contributed by atoms with E-state index in [1.54, 1.807) is 16.8 Å². The summed E-state index contributed by atoms with van der Waals surface area (Å²) in [6.45, 7) is 10.9. The van der Waals surface area contributed by atoms with Gasteiger partial charge < -0.3 is 28.4 Å². The summed E-state index contributed by atoms with van der Waals surface area (Å²) in [6, 6.07) is 37.5. The van der Waals surface area contributed by atoms with Crippen LogP contribution in [0.3, 0.4) is 0 Å². The first-order chi connectivity index (χ1) is 30.0. The van der Waals surface area contributed by atoms with Gasteiger partial charge in [0, 0.05) is 75.4 Å². The molecule has 9 rings (SSSR count). The SMILES string of the molecule is CN(C(=O)c1cc(-c2cc3c(cc2C(=O)N2Cc4ccccc4C[C@H]2CN2CCOCC2)CN(C(=O)OC(C)(C)C)C3)n2ccccc12)c1ccc(OCc2ccccc2)cc1. The van der Waals surface area contributed by atoms with Gasteiger partial charge in [0.05, 0.1) is 30.0 Å². The molecule has 3 aliphatic rings. The molecule has 1 saturated heterocycles. The lowest BCUT2D eigenvalue weighted by Crippen LogP contribution is -2.52. The van der Waals surface area contributed by atoms with Gasteiger partial charge in [0.1, 0.15) is 18.0 Å². The summed E-state index contributed by atoms with van der Waals surface area (Å²) in [5.41, 5.74) is 8.52. The van der Waals surface area contributed by atoms with Gasteiger partial charge in [0.2, 0.25) is 0 Å². The number of hydrogen-bond acceptors (Lipinski definition) is 7. The maximum atomic E-state index is 15.5. The van der Waals surface area contributed by atoms with E-state index in [-0.39, 0.29) is 17.9 Å². The number of morpholine rings is 1. The Morgan fingerprint density at radius 3 is 2.19 bits per heavy atom. The molecule has 0 N–H and O–H groups in total. The lowest BCUT2D eigenvalue weighted by Gasteiger charge is -2.40. The van der Waals surface area contributed by atoms with E-state index in [1.165, 1.54) is 5.56 Å². The minimum absolute atomic E-state index is 0.0696. The lowest BCUT2D eigenvalue weighted by molar-refractivity contribution is 0.0192. The van der Waals surface area contributed by atoms with E-state index in [0.717, 1.165) is 48.3 Å². The van der Waals surface area contributed by atoms with Crippen LogP contribution in [0.15, 0.2) is 121 Å². The van der Waals surface area contributed by atoms with Crippen LogP contribution in [0.2, 0.25) is 0 Å². The van der Waals surface area contributed by atoms with Crippen molar-refractivity contribution in [2.45, 2.75) is 65.1 Å². The number of amides is 3. The zero-order chi connectivity index (χ0) is 43.0. The highest BCUT2D eigenvalue weighted by Gasteiger charge is 2.36. The number of rotatable bonds is 9. The lowest BCUT2D eigenvalue weighted by atomic mass is 9.91. The summed E-state index contributed by atoms with van der Waals surface area (Å²) < 4.78 is 19.5. The van der Waals surface area contributed by atoms with Gasteiger partial charge in [-0.3, -0.25) is 19.4 Å². The quantitative estimate of drug-likeness (QED) is 0.144. The number of fused-ring (bicyclic) bond motifs is 3. The number of ether oxygens (including phenoxy) is 3. The number of nitrogens with zero attached hydrogens (tertiary/aromatic N) is 5. The second-order valence-electron chi connectivity index (χ2n) is 17.5. The fourth-order valence-electron chi connectivity index (χ4n) is 8.86. The van der Waals surface area contributed by atoms with Gasteiger partial charge in [-0.1, -0.05) is 60.7 Å². The van der Waals surface area contributed by atoms with E-state index >= 15 is 4.79 Å². The van der Waals surface area contributed by atoms with Crippen molar-refractivity contribution in [2.75, 3.05) is 44.8 Å². The molecule has 1 atom stereocenters. The normalized spacial score (nSPS) is 16.5. The van der Waals surface area contributed by atoms with Gasteiger partial charge >= 0.3 is 6.09 Å². The van der Waals surface area contributed by atoms with E-state index in [1.807, 2.05) is 133 Å². The Morgan fingerprint density at radius 1 is 0.758 bits per heavy atom. The van der Waals surface area contributed by atoms with Gasteiger partial charge in [0.25, 0.3) is 11.8 Å². The van der Waals surface area contributed by atoms with Crippen LogP contribution in [-0.4, -0.2) is 88.5 Å². The van der Waals surface area contributed by atoms with Crippen molar-refractivity contribution in [3.63, 3.8) is 0 Å². The van der Waals surface area contributed by atoms with Gasteiger partial charge in [-0.2, -0.15) is 0 Å². The zero-order valence-corrected chi connectivity index (χ0v) is 35.9. The Hall–Kier alpha value is -6.43. The van der Waals surface area contributed by atoms with Crippen LogP contribution in [0.1, 0.15) is 69.3 Å². The van der Waals surface area contributed by atoms with Crippen molar-refractivity contribution in [3.05, 3.63) is 160 Å². The second-order valence-corrected chi connectivity index (χ2v) is 17.5. The van der Waals surface area contributed by atoms with Crippen molar-refractivity contribution in [1.29, 1.82) is 0 Å². The molecule has 318 valence electrons.